The third-order valence-electron chi connectivity index (χ3n) is 3.14. The summed E-state index contributed by atoms with van der Waals surface area (Å²) >= 11 is 0. The molecule has 1 aliphatic heterocycles. The standard InChI is InChI=1S/C12H19N3O2S/c1-12(2)10-13-7-8-18(16,17)15(12)9-11-5-3-4-6-14-11/h3-6,13H,7-10H2,1-2H3. The molecule has 6 heteroatoms. The van der Waals surface area contributed by atoms with Crippen molar-refractivity contribution in [3.63, 3.8) is 0 Å². The van der Waals surface area contributed by atoms with E-state index in [0.29, 0.717) is 19.6 Å². The predicted molar refractivity (Wildman–Crippen MR) is 70.5 cm³/mol. The highest BCUT2D eigenvalue weighted by atomic mass is 32.2. The highest BCUT2D eigenvalue weighted by Gasteiger charge is 2.38. The lowest BCUT2D eigenvalue weighted by atomic mass is 10.1. The normalized spacial score (nSPS) is 23.4. The predicted octanol–water partition coefficient (Wildman–Crippen LogP) is 0.595. The molecule has 2 rings (SSSR count). The van der Waals surface area contributed by atoms with Crippen molar-refractivity contribution in [2.75, 3.05) is 18.8 Å². The fraction of sp³-hybridized carbons (Fsp3) is 0.583. The fourth-order valence-electron chi connectivity index (χ4n) is 2.12. The van der Waals surface area contributed by atoms with Gasteiger partial charge in [0.1, 0.15) is 0 Å². The van der Waals surface area contributed by atoms with E-state index in [4.69, 9.17) is 0 Å². The minimum Gasteiger partial charge on any atom is -0.314 e. The molecule has 1 aliphatic rings. The number of rotatable bonds is 2. The van der Waals surface area contributed by atoms with Crippen LogP contribution in [0.1, 0.15) is 19.5 Å². The average molecular weight is 269 g/mol. The first-order valence-electron chi connectivity index (χ1n) is 6.03. The summed E-state index contributed by atoms with van der Waals surface area (Å²) in [5.74, 6) is 0.142. The molecule has 0 spiro atoms. The Morgan fingerprint density at radius 2 is 2.22 bits per heavy atom. The molecule has 1 aromatic rings. The maximum absolute atomic E-state index is 12.3. The van der Waals surface area contributed by atoms with Gasteiger partial charge in [-0.2, -0.15) is 4.31 Å². The van der Waals surface area contributed by atoms with Gasteiger partial charge in [-0.25, -0.2) is 8.42 Å². The Morgan fingerprint density at radius 3 is 2.89 bits per heavy atom. The second-order valence-corrected chi connectivity index (χ2v) is 7.15. The highest BCUT2D eigenvalue weighted by molar-refractivity contribution is 7.89. The molecule has 2 heterocycles. The molecule has 1 fully saturated rings. The fourth-order valence-corrected chi connectivity index (χ4v) is 3.89. The Kier molecular flexibility index (Phi) is 3.70. The average Bonchev–Trinajstić information content (AvgIpc) is 2.41. The second kappa shape index (κ2) is 4.95. The van der Waals surface area contributed by atoms with Gasteiger partial charge in [-0.15, -0.1) is 0 Å². The lowest BCUT2D eigenvalue weighted by molar-refractivity contribution is 0.221. The summed E-state index contributed by atoms with van der Waals surface area (Å²) in [6.07, 6.45) is 1.69. The van der Waals surface area contributed by atoms with Gasteiger partial charge in [0.05, 0.1) is 18.0 Å². The molecule has 0 aromatic carbocycles. The van der Waals surface area contributed by atoms with Crippen molar-refractivity contribution in [3.8, 4) is 0 Å². The summed E-state index contributed by atoms with van der Waals surface area (Å²) in [5, 5.41) is 3.17. The minimum atomic E-state index is -3.24. The summed E-state index contributed by atoms with van der Waals surface area (Å²) in [6, 6.07) is 5.55. The van der Waals surface area contributed by atoms with Gasteiger partial charge in [0.25, 0.3) is 0 Å². The van der Waals surface area contributed by atoms with Gasteiger partial charge in [-0.05, 0) is 26.0 Å². The quantitative estimate of drug-likeness (QED) is 0.854. The third kappa shape index (κ3) is 2.88. The molecule has 0 amide bonds. The van der Waals surface area contributed by atoms with Crippen molar-refractivity contribution >= 4 is 10.0 Å². The van der Waals surface area contributed by atoms with E-state index in [0.717, 1.165) is 5.69 Å². The Labute approximate surface area is 108 Å². The lowest BCUT2D eigenvalue weighted by Gasteiger charge is -2.35. The number of nitrogens with one attached hydrogen (secondary N) is 1. The van der Waals surface area contributed by atoms with Crippen molar-refractivity contribution in [1.82, 2.24) is 14.6 Å². The van der Waals surface area contributed by atoms with E-state index in [-0.39, 0.29) is 5.75 Å². The van der Waals surface area contributed by atoms with Crippen LogP contribution >= 0.6 is 0 Å². The topological polar surface area (TPSA) is 62.3 Å². The monoisotopic (exact) mass is 269 g/mol. The Morgan fingerprint density at radius 1 is 1.44 bits per heavy atom. The first-order chi connectivity index (χ1) is 8.42. The maximum Gasteiger partial charge on any atom is 0.216 e. The van der Waals surface area contributed by atoms with Crippen molar-refractivity contribution in [2.24, 2.45) is 0 Å². The Hall–Kier alpha value is -0.980. The van der Waals surface area contributed by atoms with Gasteiger partial charge in [-0.1, -0.05) is 6.07 Å². The van der Waals surface area contributed by atoms with Crippen LogP contribution in [0, 0.1) is 0 Å². The molecule has 1 saturated heterocycles. The molecule has 0 atom stereocenters. The zero-order valence-corrected chi connectivity index (χ0v) is 11.6. The molecule has 0 unspecified atom stereocenters. The van der Waals surface area contributed by atoms with Crippen LogP contribution in [0.5, 0.6) is 0 Å². The number of hydrogen-bond acceptors (Lipinski definition) is 4. The van der Waals surface area contributed by atoms with E-state index in [1.807, 2.05) is 32.0 Å². The largest absolute Gasteiger partial charge is 0.314 e. The first kappa shape index (κ1) is 13.5. The first-order valence-corrected chi connectivity index (χ1v) is 7.64. The Bertz CT molecular complexity index is 499. The molecule has 0 radical (unpaired) electrons. The summed E-state index contributed by atoms with van der Waals surface area (Å²) in [5.41, 5.74) is 0.336. The van der Waals surface area contributed by atoms with Crippen LogP contribution in [0.15, 0.2) is 24.4 Å². The van der Waals surface area contributed by atoms with Crippen LogP contribution in [-0.2, 0) is 16.6 Å². The zero-order chi connectivity index (χ0) is 13.2. The smallest absolute Gasteiger partial charge is 0.216 e. The molecule has 0 saturated carbocycles. The van der Waals surface area contributed by atoms with Gasteiger partial charge in [0.2, 0.25) is 10.0 Å². The number of nitrogens with zero attached hydrogens (tertiary/aromatic N) is 2. The number of aromatic nitrogens is 1. The van der Waals surface area contributed by atoms with Gasteiger partial charge in [0, 0.05) is 24.8 Å². The summed E-state index contributed by atoms with van der Waals surface area (Å²) in [4.78, 5) is 4.21. The van der Waals surface area contributed by atoms with E-state index in [2.05, 4.69) is 10.3 Å². The van der Waals surface area contributed by atoms with Crippen molar-refractivity contribution in [3.05, 3.63) is 30.1 Å². The van der Waals surface area contributed by atoms with Gasteiger partial charge < -0.3 is 5.32 Å². The van der Waals surface area contributed by atoms with Gasteiger partial charge in [0.15, 0.2) is 0 Å². The van der Waals surface area contributed by atoms with Crippen LogP contribution in [0.2, 0.25) is 0 Å². The molecule has 18 heavy (non-hydrogen) atoms. The molecule has 1 N–H and O–H groups in total. The van der Waals surface area contributed by atoms with Gasteiger partial charge in [-0.3, -0.25) is 4.98 Å². The van der Waals surface area contributed by atoms with Crippen LogP contribution in [0.25, 0.3) is 0 Å². The number of pyridine rings is 1. The van der Waals surface area contributed by atoms with E-state index in [1.165, 1.54) is 0 Å². The van der Waals surface area contributed by atoms with Crippen LogP contribution in [0.4, 0.5) is 0 Å². The number of sulfonamides is 1. The molecule has 0 aliphatic carbocycles. The van der Waals surface area contributed by atoms with Crippen LogP contribution < -0.4 is 5.32 Å². The highest BCUT2D eigenvalue weighted by Crippen LogP contribution is 2.23. The van der Waals surface area contributed by atoms with E-state index < -0.39 is 15.6 Å². The molecular weight excluding hydrogens is 250 g/mol. The summed E-state index contributed by atoms with van der Waals surface area (Å²) in [6.45, 7) is 5.36. The molecule has 100 valence electrons. The minimum absolute atomic E-state index is 0.142. The number of hydrogen-bond donors (Lipinski definition) is 1. The van der Waals surface area contributed by atoms with Crippen molar-refractivity contribution < 1.29 is 8.42 Å². The molecular formula is C12H19N3O2S. The molecule has 1 aromatic heterocycles. The Balaban J connectivity index is 2.31. The van der Waals surface area contributed by atoms with Crippen molar-refractivity contribution in [1.29, 1.82) is 0 Å². The lowest BCUT2D eigenvalue weighted by Crippen LogP contribution is -2.50. The summed E-state index contributed by atoms with van der Waals surface area (Å²) in [7, 11) is -3.24. The van der Waals surface area contributed by atoms with E-state index in [1.54, 1.807) is 10.5 Å². The SMILES string of the molecule is CC1(C)CNCCS(=O)(=O)N1Cc1ccccn1. The molecule has 5 nitrogen and oxygen atoms in total. The van der Waals surface area contributed by atoms with E-state index >= 15 is 0 Å². The van der Waals surface area contributed by atoms with Crippen molar-refractivity contribution in [2.45, 2.75) is 25.9 Å². The second-order valence-electron chi connectivity index (χ2n) is 5.13. The van der Waals surface area contributed by atoms with E-state index in [9.17, 15) is 8.42 Å². The van der Waals surface area contributed by atoms with Gasteiger partial charge >= 0.3 is 0 Å². The molecule has 0 bridgehead atoms. The third-order valence-corrected chi connectivity index (χ3v) is 5.15. The summed E-state index contributed by atoms with van der Waals surface area (Å²) < 4.78 is 26.1. The van der Waals surface area contributed by atoms with Crippen LogP contribution in [-0.4, -0.2) is 42.1 Å². The van der Waals surface area contributed by atoms with Crippen LogP contribution in [0.3, 0.4) is 0 Å². The maximum atomic E-state index is 12.3. The zero-order valence-electron chi connectivity index (χ0n) is 10.8.